The van der Waals surface area contributed by atoms with E-state index in [-0.39, 0.29) is 23.4 Å². The molecule has 140 valence electrons. The summed E-state index contributed by atoms with van der Waals surface area (Å²) in [4.78, 5) is 19.5. The number of aromatic nitrogens is 1. The number of amides is 1. The number of benzene rings is 1. The van der Waals surface area contributed by atoms with Gasteiger partial charge in [-0.15, -0.1) is 11.3 Å². The van der Waals surface area contributed by atoms with Gasteiger partial charge >= 0.3 is 0 Å². The van der Waals surface area contributed by atoms with Gasteiger partial charge in [0.15, 0.2) is 0 Å². The number of piperidine rings is 1. The van der Waals surface area contributed by atoms with Crippen LogP contribution in [0, 0.1) is 18.7 Å². The van der Waals surface area contributed by atoms with Gasteiger partial charge in [-0.25, -0.2) is 22.9 Å². The lowest BCUT2D eigenvalue weighted by Gasteiger charge is -2.32. The van der Waals surface area contributed by atoms with Crippen molar-refractivity contribution in [3.63, 3.8) is 0 Å². The molecule has 1 amide bonds. The lowest BCUT2D eigenvalue weighted by Crippen LogP contribution is -2.42. The van der Waals surface area contributed by atoms with Gasteiger partial charge in [0.25, 0.3) is 5.91 Å². The Morgan fingerprint density at radius 1 is 1.38 bits per heavy atom. The zero-order chi connectivity index (χ0) is 18.9. The summed E-state index contributed by atoms with van der Waals surface area (Å²) in [5.41, 5.74) is 1.37. The molecule has 1 fully saturated rings. The number of sulfonamides is 1. The van der Waals surface area contributed by atoms with E-state index in [4.69, 9.17) is 5.14 Å². The van der Waals surface area contributed by atoms with Gasteiger partial charge in [-0.3, -0.25) is 4.79 Å². The van der Waals surface area contributed by atoms with Gasteiger partial charge in [0, 0.05) is 18.7 Å². The van der Waals surface area contributed by atoms with Crippen LogP contribution in [0.5, 0.6) is 0 Å². The van der Waals surface area contributed by atoms with Crippen molar-refractivity contribution in [1.82, 2.24) is 9.88 Å². The molecule has 26 heavy (non-hydrogen) atoms. The fourth-order valence-electron chi connectivity index (χ4n) is 3.17. The van der Waals surface area contributed by atoms with Crippen molar-refractivity contribution in [1.29, 1.82) is 0 Å². The second-order valence-electron chi connectivity index (χ2n) is 6.53. The number of carbonyl (C=O) groups is 1. The molecule has 1 aromatic heterocycles. The second kappa shape index (κ2) is 7.42. The van der Waals surface area contributed by atoms with Crippen LogP contribution >= 0.6 is 11.3 Å². The lowest BCUT2D eigenvalue weighted by atomic mass is 10.00. The number of nitrogens with two attached hydrogens (primary N) is 1. The van der Waals surface area contributed by atoms with E-state index in [0.717, 1.165) is 18.4 Å². The molecule has 1 saturated heterocycles. The number of thiazole rings is 1. The predicted octanol–water partition coefficient (Wildman–Crippen LogP) is 2.40. The van der Waals surface area contributed by atoms with Gasteiger partial charge in [-0.1, -0.05) is 0 Å². The summed E-state index contributed by atoms with van der Waals surface area (Å²) < 4.78 is 35.7. The van der Waals surface area contributed by atoms with E-state index in [9.17, 15) is 17.6 Å². The maximum Gasteiger partial charge on any atom is 0.265 e. The number of hydrogen-bond acceptors (Lipinski definition) is 5. The molecule has 0 saturated carbocycles. The molecule has 2 aromatic rings. The van der Waals surface area contributed by atoms with Gasteiger partial charge in [0.05, 0.1) is 11.4 Å². The SMILES string of the molecule is Cc1nc(-c2ccc(F)cc2)sc1C(=O)N1CCCC(CS(N)(=O)=O)C1. The van der Waals surface area contributed by atoms with Crippen molar-refractivity contribution in [2.24, 2.45) is 11.1 Å². The van der Waals surface area contributed by atoms with Crippen LogP contribution in [0.1, 0.15) is 28.2 Å². The third kappa shape index (κ3) is 4.46. The average Bonchev–Trinajstić information content (AvgIpc) is 2.95. The highest BCUT2D eigenvalue weighted by atomic mass is 32.2. The molecule has 1 aliphatic heterocycles. The summed E-state index contributed by atoms with van der Waals surface area (Å²) in [5, 5.41) is 5.79. The van der Waals surface area contributed by atoms with Gasteiger partial charge in [-0.2, -0.15) is 0 Å². The smallest absolute Gasteiger partial charge is 0.265 e. The van der Waals surface area contributed by atoms with Crippen LogP contribution < -0.4 is 5.14 Å². The van der Waals surface area contributed by atoms with Crippen molar-refractivity contribution in [2.45, 2.75) is 19.8 Å². The summed E-state index contributed by atoms with van der Waals surface area (Å²) in [6.07, 6.45) is 1.48. The minimum atomic E-state index is -3.56. The number of rotatable bonds is 4. The highest BCUT2D eigenvalue weighted by molar-refractivity contribution is 7.89. The van der Waals surface area contributed by atoms with Gasteiger partial charge in [0.2, 0.25) is 10.0 Å². The van der Waals surface area contributed by atoms with Gasteiger partial charge in [-0.05, 0) is 49.9 Å². The first-order chi connectivity index (χ1) is 12.2. The fraction of sp³-hybridized carbons (Fsp3) is 0.412. The molecule has 6 nitrogen and oxygen atoms in total. The van der Waals surface area contributed by atoms with Crippen LogP contribution in [0.15, 0.2) is 24.3 Å². The van der Waals surface area contributed by atoms with Crippen LogP contribution in [0.4, 0.5) is 4.39 Å². The highest BCUT2D eigenvalue weighted by Crippen LogP contribution is 2.30. The normalized spacial score (nSPS) is 18.1. The lowest BCUT2D eigenvalue weighted by molar-refractivity contribution is 0.0688. The maximum atomic E-state index is 13.1. The summed E-state index contributed by atoms with van der Waals surface area (Å²) >= 11 is 1.27. The van der Waals surface area contributed by atoms with Crippen LogP contribution in [0.3, 0.4) is 0 Å². The van der Waals surface area contributed by atoms with E-state index >= 15 is 0 Å². The second-order valence-corrected chi connectivity index (χ2v) is 9.19. The van der Waals surface area contributed by atoms with E-state index in [2.05, 4.69) is 4.98 Å². The Morgan fingerprint density at radius 2 is 2.08 bits per heavy atom. The molecule has 0 bridgehead atoms. The molecule has 0 aliphatic carbocycles. The fourth-order valence-corrected chi connectivity index (χ4v) is 5.14. The molecule has 0 radical (unpaired) electrons. The van der Waals surface area contributed by atoms with Gasteiger partial charge in [0.1, 0.15) is 15.7 Å². The average molecular weight is 397 g/mol. The minimum Gasteiger partial charge on any atom is -0.338 e. The third-order valence-corrected chi connectivity index (χ3v) is 6.49. The standard InChI is InChI=1S/C17H20FN3O3S2/c1-11-15(25-16(20-11)13-4-6-14(18)7-5-13)17(22)21-8-2-3-12(9-21)10-26(19,23)24/h4-7,12H,2-3,8-10H2,1H3,(H2,19,23,24). The zero-order valence-electron chi connectivity index (χ0n) is 14.3. The first kappa shape index (κ1) is 18.9. The largest absolute Gasteiger partial charge is 0.338 e. The molecule has 2 N–H and O–H groups in total. The van der Waals surface area contributed by atoms with E-state index in [1.165, 1.54) is 23.5 Å². The van der Waals surface area contributed by atoms with Crippen molar-refractivity contribution in [2.75, 3.05) is 18.8 Å². The Hall–Kier alpha value is -1.84. The molecule has 0 spiro atoms. The molecule has 1 aliphatic rings. The number of nitrogens with zero attached hydrogens (tertiary/aromatic N) is 2. The zero-order valence-corrected chi connectivity index (χ0v) is 15.9. The van der Waals surface area contributed by atoms with Crippen LogP contribution in [-0.4, -0.2) is 43.1 Å². The minimum absolute atomic E-state index is 0.112. The molecule has 1 aromatic carbocycles. The Bertz CT molecular complexity index is 910. The summed E-state index contributed by atoms with van der Waals surface area (Å²) in [6, 6.07) is 5.97. The van der Waals surface area contributed by atoms with Crippen molar-refractivity contribution < 1.29 is 17.6 Å². The molecule has 1 unspecified atom stereocenters. The molecular formula is C17H20FN3O3S2. The van der Waals surface area contributed by atoms with Crippen LogP contribution in [-0.2, 0) is 10.0 Å². The number of hydrogen-bond donors (Lipinski definition) is 1. The van der Waals surface area contributed by atoms with E-state index in [0.29, 0.717) is 28.7 Å². The van der Waals surface area contributed by atoms with E-state index in [1.54, 1.807) is 24.0 Å². The monoisotopic (exact) mass is 397 g/mol. The van der Waals surface area contributed by atoms with Crippen molar-refractivity contribution in [3.05, 3.63) is 40.7 Å². The van der Waals surface area contributed by atoms with Crippen LogP contribution in [0.2, 0.25) is 0 Å². The van der Waals surface area contributed by atoms with Crippen molar-refractivity contribution in [3.8, 4) is 10.6 Å². The summed E-state index contributed by atoms with van der Waals surface area (Å²) in [5.74, 6) is -0.730. The molecule has 2 heterocycles. The third-order valence-electron chi connectivity index (χ3n) is 4.36. The van der Waals surface area contributed by atoms with E-state index in [1.807, 2.05) is 0 Å². The summed E-state index contributed by atoms with van der Waals surface area (Å²) in [7, 11) is -3.56. The number of aryl methyl sites for hydroxylation is 1. The number of likely N-dealkylation sites (tertiary alicyclic amines) is 1. The Labute approximate surface area is 155 Å². The quantitative estimate of drug-likeness (QED) is 0.857. The van der Waals surface area contributed by atoms with Crippen molar-refractivity contribution >= 4 is 27.3 Å². The predicted molar refractivity (Wildman–Crippen MR) is 98.8 cm³/mol. The molecule has 9 heteroatoms. The maximum absolute atomic E-state index is 13.1. The number of halogens is 1. The van der Waals surface area contributed by atoms with Crippen LogP contribution in [0.25, 0.3) is 10.6 Å². The number of primary sulfonamides is 1. The molecule has 3 rings (SSSR count). The topological polar surface area (TPSA) is 93.4 Å². The van der Waals surface area contributed by atoms with Gasteiger partial charge < -0.3 is 4.90 Å². The first-order valence-corrected chi connectivity index (χ1v) is 10.8. The number of carbonyl (C=O) groups excluding carboxylic acids is 1. The Kier molecular flexibility index (Phi) is 5.40. The Morgan fingerprint density at radius 3 is 2.73 bits per heavy atom. The summed E-state index contributed by atoms with van der Waals surface area (Å²) in [6.45, 7) is 2.73. The first-order valence-electron chi connectivity index (χ1n) is 8.26. The molecular weight excluding hydrogens is 377 g/mol. The Balaban J connectivity index is 1.78. The van der Waals surface area contributed by atoms with E-state index < -0.39 is 10.0 Å². The molecule has 1 atom stereocenters. The highest BCUT2D eigenvalue weighted by Gasteiger charge is 2.29.